The maximum Gasteiger partial charge on any atom is 0.0645 e. The fourth-order valence-corrected chi connectivity index (χ4v) is 3.42. The smallest absolute Gasteiger partial charge is 0.0645 e. The molecule has 0 atom stereocenters. The lowest BCUT2D eigenvalue weighted by atomic mass is 10.0. The minimum Gasteiger partial charge on any atom is -0.399 e. The number of nitrogens with zero attached hydrogens (tertiary/aromatic N) is 1. The monoisotopic (exact) mass is 339 g/mol. The van der Waals surface area contributed by atoms with E-state index >= 15 is 0 Å². The van der Waals surface area contributed by atoms with Crippen LogP contribution in [-0.4, -0.2) is 4.57 Å². The number of hydrogen-bond acceptors (Lipinski definition) is 1. The standard InChI is InChI=1S/C24H18N2/c25-19-13-10-17(11-14-19)18-12-15-22-21-8-4-5-9-23(21)26(24(22)16-18)20-6-2-1-3-7-20/h1-16H,25H2/i1D,2D,3D,6D,7D. The minimum atomic E-state index is -0.401. The average Bonchev–Trinajstić information content (AvgIpc) is 3.11. The molecule has 0 bridgehead atoms. The van der Waals surface area contributed by atoms with Gasteiger partial charge < -0.3 is 10.3 Å². The van der Waals surface area contributed by atoms with Crippen molar-refractivity contribution in [3.63, 3.8) is 0 Å². The number of benzene rings is 4. The molecule has 2 N–H and O–H groups in total. The molecule has 0 unspecified atom stereocenters. The van der Waals surface area contributed by atoms with Crippen LogP contribution in [0.3, 0.4) is 0 Å². The summed E-state index contributed by atoms with van der Waals surface area (Å²) in [6.07, 6.45) is 0. The van der Waals surface area contributed by atoms with Gasteiger partial charge in [-0.05, 0) is 47.5 Å². The van der Waals surface area contributed by atoms with Crippen molar-refractivity contribution < 1.29 is 6.85 Å². The summed E-state index contributed by atoms with van der Waals surface area (Å²) in [6, 6.07) is 19.7. The first-order valence-corrected chi connectivity index (χ1v) is 8.35. The Morgan fingerprint density at radius 1 is 0.692 bits per heavy atom. The summed E-state index contributed by atoms with van der Waals surface area (Å²) in [5.74, 6) is 0. The Balaban J connectivity index is 1.92. The highest BCUT2D eigenvalue weighted by atomic mass is 15.0. The fourth-order valence-electron chi connectivity index (χ4n) is 3.42. The van der Waals surface area contributed by atoms with Crippen molar-refractivity contribution in [2.24, 2.45) is 0 Å². The molecule has 5 rings (SSSR count). The molecule has 0 saturated heterocycles. The first-order chi connectivity index (χ1) is 14.9. The Labute approximate surface area is 159 Å². The number of para-hydroxylation sites is 2. The summed E-state index contributed by atoms with van der Waals surface area (Å²) in [7, 11) is 0. The van der Waals surface area contributed by atoms with Crippen LogP contribution in [-0.2, 0) is 0 Å². The highest BCUT2D eigenvalue weighted by Gasteiger charge is 2.12. The molecule has 5 aromatic rings. The molecule has 26 heavy (non-hydrogen) atoms. The summed E-state index contributed by atoms with van der Waals surface area (Å²) in [5.41, 5.74) is 10.1. The molecule has 124 valence electrons. The second-order valence-corrected chi connectivity index (χ2v) is 6.18. The largest absolute Gasteiger partial charge is 0.399 e. The fraction of sp³-hybridized carbons (Fsp3) is 0. The van der Waals surface area contributed by atoms with E-state index in [1.165, 1.54) is 0 Å². The van der Waals surface area contributed by atoms with Crippen LogP contribution < -0.4 is 5.73 Å². The lowest BCUT2D eigenvalue weighted by Crippen LogP contribution is -1.93. The molecule has 0 amide bonds. The van der Waals surface area contributed by atoms with Crippen LogP contribution in [0.15, 0.2) is 96.9 Å². The Bertz CT molecular complexity index is 1460. The van der Waals surface area contributed by atoms with E-state index in [1.54, 1.807) is 4.57 Å². The van der Waals surface area contributed by atoms with E-state index in [4.69, 9.17) is 12.6 Å². The van der Waals surface area contributed by atoms with E-state index in [-0.39, 0.29) is 29.9 Å². The van der Waals surface area contributed by atoms with Crippen LogP contribution in [0.5, 0.6) is 0 Å². The molecule has 0 spiro atoms. The Kier molecular flexibility index (Phi) is 2.33. The van der Waals surface area contributed by atoms with Gasteiger partial charge in [-0.2, -0.15) is 0 Å². The highest BCUT2D eigenvalue weighted by Crippen LogP contribution is 2.34. The molecule has 2 heteroatoms. The SMILES string of the molecule is [2H]c1c([2H])c([2H])c(-n2c3ccccc3c3ccc(-c4ccc(N)cc4)cc32)c([2H])c1[2H]. The van der Waals surface area contributed by atoms with E-state index in [0.717, 1.165) is 32.9 Å². The second kappa shape index (κ2) is 5.78. The zero-order chi connectivity index (χ0) is 21.9. The van der Waals surface area contributed by atoms with Gasteiger partial charge in [0, 0.05) is 22.1 Å². The van der Waals surface area contributed by atoms with Crippen molar-refractivity contribution in [1.82, 2.24) is 4.57 Å². The van der Waals surface area contributed by atoms with Crippen LogP contribution in [0.2, 0.25) is 0 Å². The van der Waals surface area contributed by atoms with Crippen molar-refractivity contribution in [2.45, 2.75) is 0 Å². The average molecular weight is 339 g/mol. The Morgan fingerprint density at radius 2 is 1.38 bits per heavy atom. The molecule has 0 saturated carbocycles. The molecule has 4 aromatic carbocycles. The molecule has 2 nitrogen and oxygen atoms in total. The number of hydrogen-bond donors (Lipinski definition) is 1. The number of nitrogens with two attached hydrogens (primary N) is 1. The van der Waals surface area contributed by atoms with Crippen molar-refractivity contribution in [1.29, 1.82) is 0 Å². The molecular formula is C24H18N2. The topological polar surface area (TPSA) is 30.9 Å². The zero-order valence-corrected chi connectivity index (χ0v) is 13.9. The van der Waals surface area contributed by atoms with E-state index < -0.39 is 6.04 Å². The third kappa shape index (κ3) is 2.27. The van der Waals surface area contributed by atoms with Gasteiger partial charge in [0.2, 0.25) is 0 Å². The van der Waals surface area contributed by atoms with E-state index in [1.807, 2.05) is 66.7 Å². The Hall–Kier alpha value is -3.52. The predicted molar refractivity (Wildman–Crippen MR) is 111 cm³/mol. The molecule has 1 aromatic heterocycles. The normalized spacial score (nSPS) is 13.9. The lowest BCUT2D eigenvalue weighted by Gasteiger charge is -2.09. The molecule has 0 aliphatic carbocycles. The zero-order valence-electron chi connectivity index (χ0n) is 18.9. The number of rotatable bonds is 2. The minimum absolute atomic E-state index is 0.145. The number of aromatic nitrogens is 1. The summed E-state index contributed by atoms with van der Waals surface area (Å²) >= 11 is 0. The van der Waals surface area contributed by atoms with Crippen LogP contribution in [0.4, 0.5) is 5.69 Å². The summed E-state index contributed by atoms with van der Waals surface area (Å²) in [4.78, 5) is 0. The summed E-state index contributed by atoms with van der Waals surface area (Å²) < 4.78 is 42.9. The van der Waals surface area contributed by atoms with Crippen molar-refractivity contribution in [3.8, 4) is 16.8 Å². The van der Waals surface area contributed by atoms with Gasteiger partial charge in [-0.1, -0.05) is 60.6 Å². The third-order valence-corrected chi connectivity index (χ3v) is 4.63. The molecular weight excluding hydrogens is 316 g/mol. The molecule has 0 radical (unpaired) electrons. The lowest BCUT2D eigenvalue weighted by molar-refractivity contribution is 1.18. The third-order valence-electron chi connectivity index (χ3n) is 4.63. The van der Waals surface area contributed by atoms with Gasteiger partial charge in [-0.3, -0.25) is 0 Å². The van der Waals surface area contributed by atoms with Crippen LogP contribution in [0.25, 0.3) is 38.6 Å². The van der Waals surface area contributed by atoms with Crippen molar-refractivity contribution >= 4 is 27.5 Å². The van der Waals surface area contributed by atoms with E-state index in [0.29, 0.717) is 5.69 Å². The molecule has 0 aliphatic rings. The summed E-state index contributed by atoms with van der Waals surface area (Å²) in [6.45, 7) is 0. The molecule has 1 heterocycles. The van der Waals surface area contributed by atoms with Crippen LogP contribution in [0.1, 0.15) is 6.85 Å². The van der Waals surface area contributed by atoms with E-state index in [2.05, 4.69) is 0 Å². The number of nitrogen functional groups attached to an aromatic ring is 1. The molecule has 0 fully saturated rings. The van der Waals surface area contributed by atoms with Crippen molar-refractivity contribution in [2.75, 3.05) is 5.73 Å². The van der Waals surface area contributed by atoms with Gasteiger partial charge in [0.05, 0.1) is 17.9 Å². The molecule has 0 aliphatic heterocycles. The Morgan fingerprint density at radius 3 is 2.19 bits per heavy atom. The quantitative estimate of drug-likeness (QED) is 0.391. The maximum atomic E-state index is 8.50. The predicted octanol–water partition coefficient (Wildman–Crippen LogP) is 6.03. The van der Waals surface area contributed by atoms with Gasteiger partial charge in [0.1, 0.15) is 0 Å². The van der Waals surface area contributed by atoms with Crippen LogP contribution >= 0.6 is 0 Å². The first-order valence-electron chi connectivity index (χ1n) is 10.8. The van der Waals surface area contributed by atoms with Gasteiger partial charge >= 0.3 is 0 Å². The number of anilines is 1. The van der Waals surface area contributed by atoms with Gasteiger partial charge in [-0.25, -0.2) is 0 Å². The van der Waals surface area contributed by atoms with Gasteiger partial charge in [0.25, 0.3) is 0 Å². The van der Waals surface area contributed by atoms with Crippen molar-refractivity contribution in [3.05, 3.63) is 96.9 Å². The second-order valence-electron chi connectivity index (χ2n) is 6.18. The number of fused-ring (bicyclic) bond motifs is 3. The van der Waals surface area contributed by atoms with Crippen LogP contribution in [0, 0.1) is 0 Å². The highest BCUT2D eigenvalue weighted by molar-refractivity contribution is 6.10. The first kappa shape index (κ1) is 10.5. The van der Waals surface area contributed by atoms with Gasteiger partial charge in [0.15, 0.2) is 0 Å². The van der Waals surface area contributed by atoms with E-state index in [9.17, 15) is 0 Å². The maximum absolute atomic E-state index is 8.50. The van der Waals surface area contributed by atoms with Gasteiger partial charge in [-0.15, -0.1) is 0 Å². The summed E-state index contributed by atoms with van der Waals surface area (Å²) in [5, 5.41) is 1.90.